The summed E-state index contributed by atoms with van der Waals surface area (Å²) < 4.78 is 10.7. The summed E-state index contributed by atoms with van der Waals surface area (Å²) >= 11 is 0. The van der Waals surface area contributed by atoms with Crippen molar-refractivity contribution >= 4 is 17.6 Å². The molecule has 178 valence electrons. The van der Waals surface area contributed by atoms with E-state index in [1.165, 1.54) is 11.8 Å². The van der Waals surface area contributed by atoms with Crippen LogP contribution in [0, 0.1) is 12.3 Å². The molecule has 2 amide bonds. The Morgan fingerprint density at radius 1 is 1.18 bits per heavy atom. The number of ketones is 1. The highest BCUT2D eigenvalue weighted by Gasteiger charge is 2.38. The normalized spacial score (nSPS) is 19.3. The molecule has 1 aliphatic rings. The summed E-state index contributed by atoms with van der Waals surface area (Å²) in [6.45, 7) is 7.79. The monoisotopic (exact) mass is 454 g/mol. The van der Waals surface area contributed by atoms with Crippen molar-refractivity contribution in [1.29, 1.82) is 0 Å². The number of carbonyl (C=O) groups is 3. The van der Waals surface area contributed by atoms with Crippen LogP contribution in [0.25, 0.3) is 0 Å². The van der Waals surface area contributed by atoms with Crippen LogP contribution in [0.15, 0.2) is 47.1 Å². The van der Waals surface area contributed by atoms with Crippen LogP contribution in [-0.2, 0) is 20.7 Å². The van der Waals surface area contributed by atoms with Gasteiger partial charge in [-0.05, 0) is 49.7 Å². The van der Waals surface area contributed by atoms with E-state index in [0.29, 0.717) is 24.2 Å². The minimum absolute atomic E-state index is 0.00272. The van der Waals surface area contributed by atoms with E-state index < -0.39 is 12.1 Å². The Bertz CT molecular complexity index is 966. The Kier molecular flexibility index (Phi) is 8.08. The van der Waals surface area contributed by atoms with E-state index in [1.807, 2.05) is 25.1 Å². The summed E-state index contributed by atoms with van der Waals surface area (Å²) in [7, 11) is 0. The molecule has 1 aromatic carbocycles. The summed E-state index contributed by atoms with van der Waals surface area (Å²) in [4.78, 5) is 38.4. The molecular weight excluding hydrogens is 420 g/mol. The maximum Gasteiger partial charge on any atom is 0.255 e. The third-order valence-corrected chi connectivity index (χ3v) is 6.27. The number of hydrogen-bond donors (Lipinski definition) is 2. The zero-order valence-corrected chi connectivity index (χ0v) is 19.9. The minimum atomic E-state index is -0.802. The van der Waals surface area contributed by atoms with Gasteiger partial charge >= 0.3 is 0 Å². The van der Waals surface area contributed by atoms with Gasteiger partial charge in [-0.25, -0.2) is 0 Å². The largest absolute Gasteiger partial charge is 0.469 e. The predicted octanol–water partition coefficient (Wildman–Crippen LogP) is 3.60. The van der Waals surface area contributed by atoms with Gasteiger partial charge < -0.3 is 19.8 Å². The average molecular weight is 455 g/mol. The minimum Gasteiger partial charge on any atom is -0.469 e. The number of amides is 2. The zero-order valence-electron chi connectivity index (χ0n) is 19.9. The first-order valence-electron chi connectivity index (χ1n) is 11.5. The fraction of sp³-hybridized carbons (Fsp3) is 0.500. The highest BCUT2D eigenvalue weighted by molar-refractivity contribution is 5.99. The Balaban J connectivity index is 1.73. The lowest BCUT2D eigenvalue weighted by atomic mass is 9.80. The maximum atomic E-state index is 13.3. The number of nitrogens with one attached hydrogen (secondary N) is 2. The molecule has 7 nitrogen and oxygen atoms in total. The van der Waals surface area contributed by atoms with Crippen molar-refractivity contribution in [2.24, 2.45) is 5.41 Å². The van der Waals surface area contributed by atoms with Crippen LogP contribution in [0.3, 0.4) is 0 Å². The number of hydrogen-bond acceptors (Lipinski definition) is 5. The Morgan fingerprint density at radius 2 is 1.91 bits per heavy atom. The summed E-state index contributed by atoms with van der Waals surface area (Å²) in [6.07, 6.45) is 3.84. The van der Waals surface area contributed by atoms with Gasteiger partial charge in [0.15, 0.2) is 5.78 Å². The molecule has 33 heavy (non-hydrogen) atoms. The number of aryl methyl sites for hydroxylation is 2. The molecule has 0 spiro atoms. The highest BCUT2D eigenvalue weighted by atomic mass is 16.5. The lowest BCUT2D eigenvalue weighted by molar-refractivity contribution is -0.128. The smallest absolute Gasteiger partial charge is 0.255 e. The lowest BCUT2D eigenvalue weighted by Gasteiger charge is -2.31. The molecule has 2 N–H and O–H groups in total. The zero-order chi connectivity index (χ0) is 24.0. The third kappa shape index (κ3) is 6.54. The van der Waals surface area contributed by atoms with Crippen molar-refractivity contribution in [1.82, 2.24) is 10.6 Å². The van der Waals surface area contributed by atoms with Crippen molar-refractivity contribution in [2.75, 3.05) is 6.61 Å². The summed E-state index contributed by atoms with van der Waals surface area (Å²) in [5, 5.41) is 5.71. The van der Waals surface area contributed by atoms with E-state index in [9.17, 15) is 14.4 Å². The first-order chi connectivity index (χ1) is 15.7. The number of Topliss-reactive ketones (excluding diaryl/α,β-unsaturated/α-hetero) is 1. The fourth-order valence-electron chi connectivity index (χ4n) is 4.21. The molecule has 2 unspecified atom stereocenters. The molecule has 1 saturated heterocycles. The van der Waals surface area contributed by atoms with E-state index in [2.05, 4.69) is 36.6 Å². The van der Waals surface area contributed by atoms with Crippen LogP contribution in [0.5, 0.6) is 0 Å². The van der Waals surface area contributed by atoms with Crippen LogP contribution >= 0.6 is 0 Å². The highest BCUT2D eigenvalue weighted by Crippen LogP contribution is 2.29. The van der Waals surface area contributed by atoms with Gasteiger partial charge in [0.1, 0.15) is 24.5 Å². The van der Waals surface area contributed by atoms with Crippen molar-refractivity contribution in [3.63, 3.8) is 0 Å². The van der Waals surface area contributed by atoms with Gasteiger partial charge in [-0.2, -0.15) is 0 Å². The second kappa shape index (κ2) is 10.8. The van der Waals surface area contributed by atoms with Gasteiger partial charge in [0.2, 0.25) is 5.91 Å². The molecule has 1 aromatic heterocycles. The maximum absolute atomic E-state index is 13.3. The third-order valence-electron chi connectivity index (χ3n) is 6.27. The molecule has 0 aliphatic carbocycles. The topological polar surface area (TPSA) is 97.6 Å². The second-order valence-electron chi connectivity index (χ2n) is 9.48. The molecule has 2 aromatic rings. The van der Waals surface area contributed by atoms with E-state index >= 15 is 0 Å². The number of carbonyl (C=O) groups excluding carboxylic acids is 3. The van der Waals surface area contributed by atoms with Crippen molar-refractivity contribution in [3.8, 4) is 0 Å². The molecular formula is C26H34N2O5. The quantitative estimate of drug-likeness (QED) is 0.572. The van der Waals surface area contributed by atoms with Gasteiger partial charge in [-0.1, -0.05) is 51.1 Å². The van der Waals surface area contributed by atoms with Gasteiger partial charge in [0, 0.05) is 0 Å². The van der Waals surface area contributed by atoms with Crippen LogP contribution in [0.2, 0.25) is 0 Å². The van der Waals surface area contributed by atoms with Crippen LogP contribution in [-0.4, -0.2) is 42.4 Å². The average Bonchev–Trinajstić information content (AvgIpc) is 3.37. The molecule has 1 fully saturated rings. The number of furan rings is 1. The molecule has 0 saturated carbocycles. The van der Waals surface area contributed by atoms with Crippen LogP contribution in [0.1, 0.15) is 61.7 Å². The molecule has 0 radical (unpaired) electrons. The first-order valence-corrected chi connectivity index (χ1v) is 11.5. The molecule has 7 heteroatoms. The SMILES string of the molecule is CCC1OCC(=O)C1NC(=O)[C@H](CC(C)(C)CCc1ccccc1)NC(=O)c1ccoc1C. The van der Waals surface area contributed by atoms with Gasteiger partial charge in [-0.15, -0.1) is 0 Å². The van der Waals surface area contributed by atoms with Crippen molar-refractivity contribution in [2.45, 2.75) is 71.6 Å². The van der Waals surface area contributed by atoms with Gasteiger partial charge in [-0.3, -0.25) is 14.4 Å². The summed E-state index contributed by atoms with van der Waals surface area (Å²) in [6, 6.07) is 10.3. The Hall–Kier alpha value is -2.93. The lowest BCUT2D eigenvalue weighted by Crippen LogP contribution is -2.54. The Morgan fingerprint density at radius 3 is 2.55 bits per heavy atom. The molecule has 2 heterocycles. The van der Waals surface area contributed by atoms with E-state index in [0.717, 1.165) is 12.8 Å². The van der Waals surface area contributed by atoms with Crippen molar-refractivity contribution < 1.29 is 23.5 Å². The van der Waals surface area contributed by atoms with Gasteiger partial charge in [0.05, 0.1) is 17.9 Å². The molecule has 1 aliphatic heterocycles. The summed E-state index contributed by atoms with van der Waals surface area (Å²) in [5.74, 6) is -0.407. The van der Waals surface area contributed by atoms with E-state index in [1.54, 1.807) is 13.0 Å². The standard InChI is InChI=1S/C26H34N2O5/c1-5-22-23(21(29)16-33-22)28-25(31)20(27-24(30)19-12-14-32-17(19)2)15-26(3,4)13-11-18-9-7-6-8-10-18/h6-10,12,14,20,22-23H,5,11,13,15-16H2,1-4H3,(H,27,30)(H,28,31)/t20-,22?,23?/m0/s1. The number of benzene rings is 1. The van der Waals surface area contributed by atoms with E-state index in [4.69, 9.17) is 9.15 Å². The predicted molar refractivity (Wildman–Crippen MR) is 125 cm³/mol. The van der Waals surface area contributed by atoms with Crippen LogP contribution < -0.4 is 10.6 Å². The summed E-state index contributed by atoms with van der Waals surface area (Å²) in [5.41, 5.74) is 1.38. The molecule has 3 atom stereocenters. The number of ether oxygens (including phenoxy) is 1. The van der Waals surface area contributed by atoms with E-state index in [-0.39, 0.29) is 35.7 Å². The Labute approximate surface area is 195 Å². The number of rotatable bonds is 10. The molecule has 3 rings (SSSR count). The van der Waals surface area contributed by atoms with Gasteiger partial charge in [0.25, 0.3) is 5.91 Å². The first kappa shape index (κ1) is 24.7. The fourth-order valence-corrected chi connectivity index (χ4v) is 4.21. The second-order valence-corrected chi connectivity index (χ2v) is 9.48. The molecule has 0 bridgehead atoms. The van der Waals surface area contributed by atoms with Crippen LogP contribution in [0.4, 0.5) is 0 Å². The van der Waals surface area contributed by atoms with Crippen molar-refractivity contribution in [3.05, 3.63) is 59.5 Å².